The second-order valence-electron chi connectivity index (χ2n) is 2.27. The molecule has 1 atom stereocenters. The Morgan fingerprint density at radius 2 is 1.63 bits per heavy atom. The van der Waals surface area contributed by atoms with E-state index < -0.39 is 0 Å². The van der Waals surface area contributed by atoms with E-state index in [0.717, 1.165) is 0 Å². The summed E-state index contributed by atoms with van der Waals surface area (Å²) in [6.07, 6.45) is 7.39. The zero-order chi connectivity index (χ0) is 15.4. The maximum Gasteiger partial charge on any atom is 0 e. The van der Waals surface area contributed by atoms with Gasteiger partial charge in [0, 0.05) is 17.1 Å². The maximum atomic E-state index is 11.1. The van der Waals surface area contributed by atoms with Gasteiger partial charge in [-0.2, -0.15) is 0 Å². The van der Waals surface area contributed by atoms with Crippen molar-refractivity contribution in [3.8, 4) is 0 Å². The molecule has 0 aromatic carbocycles. The zero-order valence-corrected chi connectivity index (χ0v) is 11.5. The van der Waals surface area contributed by atoms with Crippen LogP contribution in [0.2, 0.25) is 0 Å². The molecule has 19 heavy (non-hydrogen) atoms. The van der Waals surface area contributed by atoms with Crippen LogP contribution < -0.4 is 0 Å². The molecule has 0 heterocycles. The minimum absolute atomic E-state index is 0. The van der Waals surface area contributed by atoms with Crippen LogP contribution >= 0.6 is 0 Å². The molecule has 0 aromatic heterocycles. The predicted octanol–water partition coefficient (Wildman–Crippen LogP) is 1.98. The van der Waals surface area contributed by atoms with E-state index in [0.29, 0.717) is 6.42 Å². The Kier molecular flexibility index (Phi) is 57.6. The molecule has 5 nitrogen and oxygen atoms in total. The summed E-state index contributed by atoms with van der Waals surface area (Å²) in [4.78, 5) is 11.1. The molecule has 0 saturated carbocycles. The van der Waals surface area contributed by atoms with E-state index in [-0.39, 0.29) is 29.0 Å². The van der Waals surface area contributed by atoms with Crippen LogP contribution in [0.4, 0.5) is 0 Å². The summed E-state index contributed by atoms with van der Waals surface area (Å²) in [5.74, 6) is -0.474. The van der Waals surface area contributed by atoms with E-state index in [1.165, 1.54) is 7.11 Å². The van der Waals surface area contributed by atoms with Gasteiger partial charge in [-0.25, -0.2) is 0 Å². The van der Waals surface area contributed by atoms with Crippen LogP contribution in [0, 0.1) is 25.9 Å². The Balaban J connectivity index is -0.0000000816. The number of carbonyl (C=O) groups excluding carboxylic acids is 1. The first-order valence-corrected chi connectivity index (χ1v) is 4.35. The van der Waals surface area contributed by atoms with E-state index in [1.54, 1.807) is 24.3 Å². The van der Waals surface area contributed by atoms with Gasteiger partial charge in [-0.05, 0) is 6.42 Å². The van der Waals surface area contributed by atoms with Crippen LogP contribution in [-0.4, -0.2) is 13.1 Å². The molecule has 1 unspecified atom stereocenters. The number of carbonyl (C=O) groups is 1. The van der Waals surface area contributed by atoms with Crippen molar-refractivity contribution >= 4 is 5.97 Å². The van der Waals surface area contributed by atoms with Crippen molar-refractivity contribution in [2.75, 3.05) is 7.11 Å². The molecule has 0 aliphatic carbocycles. The molecule has 0 spiro atoms. The standard InChI is InChI=1S/C10H14O2.3CO.Fe/c1-4-6-8-9(7-5-2)10(11)12-3;3*1-2;/h4-6,8-9H,1-2,7H2,3H3;;;;/b8-6+;;;;. The van der Waals surface area contributed by atoms with Crippen LogP contribution in [0.25, 0.3) is 0 Å². The number of allylic oxidation sites excluding steroid dienone is 3. The van der Waals surface area contributed by atoms with Crippen molar-refractivity contribution < 1.29 is 40.6 Å². The molecule has 104 valence electrons. The molecule has 0 amide bonds. The first kappa shape index (κ1) is 30.5. The summed E-state index contributed by atoms with van der Waals surface area (Å²) < 4.78 is 27.1. The third-order valence-electron chi connectivity index (χ3n) is 1.40. The van der Waals surface area contributed by atoms with Gasteiger partial charge in [-0.3, -0.25) is 4.79 Å². The Labute approximate surface area is 124 Å². The smallest absolute Gasteiger partial charge is 0 e. The molecule has 0 N–H and O–H groups in total. The van der Waals surface area contributed by atoms with Gasteiger partial charge in [0.2, 0.25) is 0 Å². The van der Waals surface area contributed by atoms with Crippen LogP contribution in [-0.2, 0) is 40.6 Å². The molecule has 0 aliphatic heterocycles. The molecular weight excluding hydrogens is 292 g/mol. The molecule has 0 aliphatic rings. The van der Waals surface area contributed by atoms with Gasteiger partial charge in [0.15, 0.2) is 0 Å². The number of rotatable bonds is 5. The van der Waals surface area contributed by atoms with Crippen molar-refractivity contribution in [3.05, 3.63) is 57.4 Å². The van der Waals surface area contributed by atoms with Gasteiger partial charge < -0.3 is 4.74 Å². The Morgan fingerprint density at radius 1 is 1.21 bits per heavy atom. The van der Waals surface area contributed by atoms with Crippen LogP contribution in [0.1, 0.15) is 6.42 Å². The molecule has 0 saturated heterocycles. The summed E-state index contributed by atoms with van der Waals surface area (Å²) in [6, 6.07) is 0. The van der Waals surface area contributed by atoms with E-state index in [1.807, 2.05) is 0 Å². The third-order valence-corrected chi connectivity index (χ3v) is 1.40. The van der Waals surface area contributed by atoms with Gasteiger partial charge in [-0.15, -0.1) is 6.58 Å². The average molecular weight is 306 g/mol. The summed E-state index contributed by atoms with van der Waals surface area (Å²) >= 11 is 0. The van der Waals surface area contributed by atoms with Gasteiger partial charge >= 0.3 is 39.9 Å². The monoisotopic (exact) mass is 306 g/mol. The predicted molar refractivity (Wildman–Crippen MR) is 61.4 cm³/mol. The Morgan fingerprint density at radius 3 is 1.89 bits per heavy atom. The van der Waals surface area contributed by atoms with E-state index in [4.69, 9.17) is 14.0 Å². The van der Waals surface area contributed by atoms with Crippen molar-refractivity contribution in [1.29, 1.82) is 0 Å². The number of ether oxygens (including phenoxy) is 1. The maximum absolute atomic E-state index is 11.1. The SMILES string of the molecule is C=C/C=C/C(CC=C)C(=O)OC.[C-]#[O+].[C-]#[O+].[C-]#[O+].[Fe]. The first-order valence-electron chi connectivity index (χ1n) is 4.35. The zero-order valence-electron chi connectivity index (χ0n) is 10.4. The summed E-state index contributed by atoms with van der Waals surface area (Å²) in [6.45, 7) is 20.6. The normalized spacial score (nSPS) is 8.16. The fraction of sp³-hybridized carbons (Fsp3) is 0.231. The Bertz CT molecular complexity index is 288. The Hall–Kier alpha value is -1.57. The van der Waals surface area contributed by atoms with Gasteiger partial charge in [0.1, 0.15) is 0 Å². The average Bonchev–Trinajstić information content (AvgIpc) is 2.49. The van der Waals surface area contributed by atoms with E-state index >= 15 is 0 Å². The van der Waals surface area contributed by atoms with Crippen LogP contribution in [0.3, 0.4) is 0 Å². The summed E-state index contributed by atoms with van der Waals surface area (Å²) in [5.41, 5.74) is 0. The first-order chi connectivity index (χ1) is 8.76. The van der Waals surface area contributed by atoms with E-state index in [9.17, 15) is 4.79 Å². The van der Waals surface area contributed by atoms with Gasteiger partial charge in [0.25, 0.3) is 0 Å². The summed E-state index contributed by atoms with van der Waals surface area (Å²) in [5, 5.41) is 0. The fourth-order valence-electron chi connectivity index (χ4n) is 0.797. The summed E-state index contributed by atoms with van der Waals surface area (Å²) in [7, 11) is 1.38. The van der Waals surface area contributed by atoms with Gasteiger partial charge in [-0.1, -0.05) is 30.9 Å². The van der Waals surface area contributed by atoms with Crippen molar-refractivity contribution in [3.63, 3.8) is 0 Å². The second kappa shape index (κ2) is 36.0. The van der Waals surface area contributed by atoms with Gasteiger partial charge in [0.05, 0.1) is 13.0 Å². The van der Waals surface area contributed by atoms with E-state index in [2.05, 4.69) is 37.8 Å². The molecule has 0 radical (unpaired) electrons. The molecular formula is C13H14FeO5. The largest absolute Gasteiger partial charge is 0 e. The third kappa shape index (κ3) is 26.2. The number of methoxy groups -OCH3 is 1. The molecule has 0 fully saturated rings. The minimum Gasteiger partial charge on any atom is 0 e. The second-order valence-corrected chi connectivity index (χ2v) is 2.27. The number of esters is 1. The number of hydrogen-bond donors (Lipinski definition) is 0. The topological polar surface area (TPSA) is 86.0 Å². The number of hydrogen-bond acceptors (Lipinski definition) is 2. The minimum atomic E-state index is -0.243. The van der Waals surface area contributed by atoms with Crippen LogP contribution in [0.5, 0.6) is 0 Å². The van der Waals surface area contributed by atoms with Crippen LogP contribution in [0.15, 0.2) is 37.5 Å². The molecule has 0 rings (SSSR count). The quantitative estimate of drug-likeness (QED) is 0.194. The molecule has 0 aromatic rings. The van der Waals surface area contributed by atoms with Crippen molar-refractivity contribution in [2.24, 2.45) is 5.92 Å². The van der Waals surface area contributed by atoms with Crippen molar-refractivity contribution in [2.45, 2.75) is 6.42 Å². The fourth-order valence-corrected chi connectivity index (χ4v) is 0.797. The molecule has 0 bridgehead atoms. The molecule has 6 heteroatoms. The van der Waals surface area contributed by atoms with Crippen molar-refractivity contribution in [1.82, 2.24) is 0 Å².